The molecule has 0 radical (unpaired) electrons. The maximum Gasteiger partial charge on any atom is 0.323 e. The number of esters is 1. The van der Waals surface area contributed by atoms with E-state index in [1.165, 1.54) is 0 Å². The van der Waals surface area contributed by atoms with Gasteiger partial charge in [-0.2, -0.15) is 0 Å². The van der Waals surface area contributed by atoms with Crippen molar-refractivity contribution in [3.63, 3.8) is 0 Å². The van der Waals surface area contributed by atoms with Gasteiger partial charge in [-0.25, -0.2) is 0 Å². The SMILES string of the molecule is CCOC(=O)C(CC)NP. The summed E-state index contributed by atoms with van der Waals surface area (Å²) in [7, 11) is 2.31. The molecule has 0 aliphatic rings. The molecule has 0 spiro atoms. The minimum Gasteiger partial charge on any atom is -0.465 e. The van der Waals surface area contributed by atoms with E-state index in [1.807, 2.05) is 6.92 Å². The van der Waals surface area contributed by atoms with Crippen LogP contribution in [0.1, 0.15) is 20.3 Å². The molecule has 10 heavy (non-hydrogen) atoms. The lowest BCUT2D eigenvalue weighted by atomic mass is 10.2. The highest BCUT2D eigenvalue weighted by Crippen LogP contribution is 1.96. The molecular weight excluding hydrogens is 149 g/mol. The Morgan fingerprint density at radius 1 is 1.70 bits per heavy atom. The average molecular weight is 163 g/mol. The molecule has 0 amide bonds. The van der Waals surface area contributed by atoms with Gasteiger partial charge in [0.15, 0.2) is 0 Å². The van der Waals surface area contributed by atoms with Gasteiger partial charge in [-0.3, -0.25) is 9.88 Å². The second-order valence-corrected chi connectivity index (χ2v) is 2.21. The molecule has 0 bridgehead atoms. The Kier molecular flexibility index (Phi) is 5.55. The number of rotatable bonds is 4. The summed E-state index contributed by atoms with van der Waals surface area (Å²) in [6.45, 7) is 4.17. The zero-order valence-electron chi connectivity index (χ0n) is 6.39. The number of carbonyl (C=O) groups excluding carboxylic acids is 1. The fourth-order valence-electron chi connectivity index (χ4n) is 0.595. The normalized spacial score (nSPS) is 12.7. The first-order chi connectivity index (χ1) is 4.76. The largest absolute Gasteiger partial charge is 0.465 e. The zero-order chi connectivity index (χ0) is 7.98. The summed E-state index contributed by atoms with van der Waals surface area (Å²) in [6, 6.07) is -0.176. The molecule has 0 fully saturated rings. The van der Waals surface area contributed by atoms with Crippen LogP contribution in [0.2, 0.25) is 0 Å². The Hall–Kier alpha value is -0.140. The number of carbonyl (C=O) groups is 1. The summed E-state index contributed by atoms with van der Waals surface area (Å²) < 4.78 is 4.77. The van der Waals surface area contributed by atoms with Crippen LogP contribution in [0.15, 0.2) is 0 Å². The Balaban J connectivity index is 3.65. The Morgan fingerprint density at radius 2 is 2.30 bits per heavy atom. The fraction of sp³-hybridized carbons (Fsp3) is 0.833. The van der Waals surface area contributed by atoms with Crippen molar-refractivity contribution >= 4 is 15.4 Å². The Morgan fingerprint density at radius 3 is 2.60 bits per heavy atom. The molecule has 0 saturated carbocycles. The molecule has 4 heteroatoms. The smallest absolute Gasteiger partial charge is 0.323 e. The van der Waals surface area contributed by atoms with Crippen molar-refractivity contribution in [2.24, 2.45) is 0 Å². The van der Waals surface area contributed by atoms with Crippen molar-refractivity contribution in [2.75, 3.05) is 6.61 Å². The molecule has 0 aromatic heterocycles. The molecule has 3 nitrogen and oxygen atoms in total. The Labute approximate surface area is 63.8 Å². The van der Waals surface area contributed by atoms with Gasteiger partial charge in [-0.15, -0.1) is 0 Å². The van der Waals surface area contributed by atoms with Crippen molar-refractivity contribution in [1.29, 1.82) is 0 Å². The first-order valence-electron chi connectivity index (χ1n) is 3.39. The predicted octanol–water partition coefficient (Wildman–Crippen LogP) is 0.708. The van der Waals surface area contributed by atoms with Crippen LogP contribution in [0, 0.1) is 0 Å². The highest BCUT2D eigenvalue weighted by Gasteiger charge is 2.13. The standard InChI is InChI=1S/C6H14NO2P/c1-3-5(7-10)6(8)9-4-2/h5,7H,3-4,10H2,1-2H3. The number of nitrogens with one attached hydrogen (secondary N) is 1. The lowest BCUT2D eigenvalue weighted by molar-refractivity contribution is -0.145. The monoisotopic (exact) mass is 163 g/mol. The third kappa shape index (κ3) is 3.14. The fourth-order valence-corrected chi connectivity index (χ4v) is 0.967. The van der Waals surface area contributed by atoms with Crippen molar-refractivity contribution < 1.29 is 9.53 Å². The summed E-state index contributed by atoms with van der Waals surface area (Å²) in [4.78, 5) is 10.9. The van der Waals surface area contributed by atoms with E-state index in [0.717, 1.165) is 6.42 Å². The van der Waals surface area contributed by atoms with Crippen molar-refractivity contribution in [3.8, 4) is 0 Å². The highest BCUT2D eigenvalue weighted by molar-refractivity contribution is 7.13. The molecule has 0 heterocycles. The van der Waals surface area contributed by atoms with Gasteiger partial charge in [0, 0.05) is 0 Å². The van der Waals surface area contributed by atoms with Crippen LogP contribution in [-0.2, 0) is 9.53 Å². The minimum absolute atomic E-state index is 0.176. The minimum atomic E-state index is -0.181. The van der Waals surface area contributed by atoms with Crippen LogP contribution in [0.25, 0.3) is 0 Å². The van der Waals surface area contributed by atoms with E-state index in [0.29, 0.717) is 6.61 Å². The van der Waals surface area contributed by atoms with E-state index in [2.05, 4.69) is 14.5 Å². The van der Waals surface area contributed by atoms with Gasteiger partial charge in [-0.1, -0.05) is 16.3 Å². The molecular formula is C6H14NO2P. The third-order valence-electron chi connectivity index (χ3n) is 1.18. The number of hydrogen-bond acceptors (Lipinski definition) is 3. The van der Waals surface area contributed by atoms with E-state index >= 15 is 0 Å². The van der Waals surface area contributed by atoms with Crippen LogP contribution < -0.4 is 5.09 Å². The van der Waals surface area contributed by atoms with Gasteiger partial charge < -0.3 is 4.74 Å². The number of hydrogen-bond donors (Lipinski definition) is 1. The highest BCUT2D eigenvalue weighted by atomic mass is 31.0. The summed E-state index contributed by atoms with van der Waals surface area (Å²) in [5.74, 6) is -0.181. The van der Waals surface area contributed by atoms with Gasteiger partial charge in [-0.05, 0) is 13.3 Å². The van der Waals surface area contributed by atoms with Crippen LogP contribution in [0.4, 0.5) is 0 Å². The van der Waals surface area contributed by atoms with E-state index in [1.54, 1.807) is 6.92 Å². The molecule has 0 aromatic rings. The summed E-state index contributed by atoms with van der Waals surface area (Å²) in [5.41, 5.74) is 0. The van der Waals surface area contributed by atoms with Gasteiger partial charge in [0.25, 0.3) is 0 Å². The molecule has 0 rings (SSSR count). The van der Waals surface area contributed by atoms with E-state index in [4.69, 9.17) is 4.74 Å². The summed E-state index contributed by atoms with van der Waals surface area (Å²) >= 11 is 0. The van der Waals surface area contributed by atoms with Gasteiger partial charge >= 0.3 is 5.97 Å². The van der Waals surface area contributed by atoms with Crippen LogP contribution in [-0.4, -0.2) is 18.6 Å². The molecule has 0 aliphatic carbocycles. The van der Waals surface area contributed by atoms with Gasteiger partial charge in [0.2, 0.25) is 0 Å². The lowest BCUT2D eigenvalue weighted by Gasteiger charge is -2.10. The molecule has 0 saturated heterocycles. The van der Waals surface area contributed by atoms with E-state index in [-0.39, 0.29) is 12.0 Å². The van der Waals surface area contributed by atoms with E-state index in [9.17, 15) is 4.79 Å². The second kappa shape index (κ2) is 5.63. The van der Waals surface area contributed by atoms with Crippen LogP contribution in [0.5, 0.6) is 0 Å². The Bertz CT molecular complexity index is 104. The van der Waals surface area contributed by atoms with Crippen LogP contribution >= 0.6 is 9.39 Å². The molecule has 1 N–H and O–H groups in total. The van der Waals surface area contributed by atoms with Crippen LogP contribution in [0.3, 0.4) is 0 Å². The molecule has 60 valence electrons. The number of ether oxygens (including phenoxy) is 1. The zero-order valence-corrected chi connectivity index (χ0v) is 7.54. The summed E-state index contributed by atoms with van der Waals surface area (Å²) in [6.07, 6.45) is 0.752. The maximum absolute atomic E-state index is 10.9. The van der Waals surface area contributed by atoms with Gasteiger partial charge in [0.05, 0.1) is 6.61 Å². The quantitative estimate of drug-likeness (QED) is 0.490. The first kappa shape index (κ1) is 9.86. The lowest BCUT2D eigenvalue weighted by Crippen LogP contribution is -2.31. The molecule has 2 unspecified atom stereocenters. The second-order valence-electron chi connectivity index (χ2n) is 1.88. The van der Waals surface area contributed by atoms with Crippen molar-refractivity contribution in [1.82, 2.24) is 5.09 Å². The van der Waals surface area contributed by atoms with Crippen molar-refractivity contribution in [2.45, 2.75) is 26.3 Å². The van der Waals surface area contributed by atoms with E-state index < -0.39 is 0 Å². The molecule has 0 aliphatic heterocycles. The average Bonchev–Trinajstić information content (AvgIpc) is 1.91. The predicted molar refractivity (Wildman–Crippen MR) is 43.6 cm³/mol. The third-order valence-corrected chi connectivity index (χ3v) is 1.58. The van der Waals surface area contributed by atoms with Crippen molar-refractivity contribution in [3.05, 3.63) is 0 Å². The molecule has 0 aromatic carbocycles. The summed E-state index contributed by atoms with van der Waals surface area (Å²) in [5, 5.41) is 2.78. The first-order valence-corrected chi connectivity index (χ1v) is 3.96. The molecule has 2 atom stereocenters. The van der Waals surface area contributed by atoms with Gasteiger partial charge in [0.1, 0.15) is 6.04 Å². The maximum atomic E-state index is 10.9. The topological polar surface area (TPSA) is 38.3 Å².